The predicted octanol–water partition coefficient (Wildman–Crippen LogP) is 1.37. The molecule has 0 aliphatic rings. The lowest BCUT2D eigenvalue weighted by atomic mass is 10.0. The van der Waals surface area contributed by atoms with Crippen LogP contribution in [0.25, 0.3) is 0 Å². The molecule has 1 rings (SSSR count). The molecule has 110 valence electrons. The largest absolute Gasteiger partial charge is 0.478 e. The molecule has 2 N–H and O–H groups in total. The summed E-state index contributed by atoms with van der Waals surface area (Å²) in [6.45, 7) is 4.65. The third-order valence-electron chi connectivity index (χ3n) is 2.97. The quantitative estimate of drug-likeness (QED) is 0.874. The van der Waals surface area contributed by atoms with Gasteiger partial charge >= 0.3 is 5.97 Å². The molecule has 1 aromatic carbocycles. The number of nitrogens with one attached hydrogen (secondary N) is 1. The van der Waals surface area contributed by atoms with Gasteiger partial charge in [0.15, 0.2) is 9.84 Å². The number of carbonyl (C=O) groups is 2. The highest BCUT2D eigenvalue weighted by atomic mass is 32.2. The highest BCUT2D eigenvalue weighted by Crippen LogP contribution is 2.23. The molecule has 0 saturated heterocycles. The third kappa shape index (κ3) is 3.57. The summed E-state index contributed by atoms with van der Waals surface area (Å²) in [5, 5.41) is 10.3. The maximum Gasteiger partial charge on any atom is 0.337 e. The molecule has 6 nitrogen and oxygen atoms in total. The van der Waals surface area contributed by atoms with Gasteiger partial charge in [-0.1, -0.05) is 6.07 Å². The van der Waals surface area contributed by atoms with E-state index in [0.29, 0.717) is 5.56 Å². The van der Waals surface area contributed by atoms with E-state index in [4.69, 9.17) is 5.11 Å². The number of aryl methyl sites for hydroxylation is 2. The average Bonchev–Trinajstić information content (AvgIpc) is 2.29. The van der Waals surface area contributed by atoms with Crippen molar-refractivity contribution in [3.8, 4) is 0 Å². The van der Waals surface area contributed by atoms with Crippen LogP contribution in [0, 0.1) is 13.8 Å². The van der Waals surface area contributed by atoms with E-state index in [1.807, 2.05) is 0 Å². The van der Waals surface area contributed by atoms with Gasteiger partial charge in [-0.05, 0) is 38.0 Å². The minimum absolute atomic E-state index is 0.0587. The van der Waals surface area contributed by atoms with Crippen LogP contribution in [-0.4, -0.2) is 36.9 Å². The molecule has 20 heavy (non-hydrogen) atoms. The minimum Gasteiger partial charge on any atom is -0.478 e. The molecule has 0 aromatic heterocycles. The first-order valence-electron chi connectivity index (χ1n) is 5.88. The Bertz CT molecular complexity index is 664. The van der Waals surface area contributed by atoms with E-state index >= 15 is 0 Å². The molecule has 1 atom stereocenters. The normalized spacial score (nSPS) is 12.8. The summed E-state index contributed by atoms with van der Waals surface area (Å²) in [5.41, 5.74) is 1.38. The number of benzene rings is 1. The first-order valence-corrected chi connectivity index (χ1v) is 7.83. The molecule has 0 spiro atoms. The van der Waals surface area contributed by atoms with Gasteiger partial charge in [-0.3, -0.25) is 4.79 Å². The van der Waals surface area contributed by atoms with E-state index in [1.54, 1.807) is 19.9 Å². The van der Waals surface area contributed by atoms with E-state index < -0.39 is 27.0 Å². The lowest BCUT2D eigenvalue weighted by Gasteiger charge is -2.15. The zero-order valence-electron chi connectivity index (χ0n) is 11.7. The van der Waals surface area contributed by atoms with Crippen LogP contribution in [0.15, 0.2) is 12.1 Å². The Morgan fingerprint density at radius 1 is 1.25 bits per heavy atom. The van der Waals surface area contributed by atoms with Gasteiger partial charge < -0.3 is 10.4 Å². The fourth-order valence-corrected chi connectivity index (χ4v) is 2.17. The highest BCUT2D eigenvalue weighted by molar-refractivity contribution is 7.92. The van der Waals surface area contributed by atoms with Gasteiger partial charge in [0.2, 0.25) is 5.91 Å². The second-order valence-electron chi connectivity index (χ2n) is 4.77. The number of carboxylic acids is 1. The van der Waals surface area contributed by atoms with E-state index in [2.05, 4.69) is 5.32 Å². The summed E-state index contributed by atoms with van der Waals surface area (Å²) >= 11 is 0. The molecule has 0 bridgehead atoms. The Kier molecular flexibility index (Phi) is 4.54. The van der Waals surface area contributed by atoms with Crippen molar-refractivity contribution in [2.45, 2.75) is 26.0 Å². The standard InChI is InChI=1S/C13H17NO5S/c1-7-5-8(2)11(10(6-7)13(16)17)14-12(15)9(3)20(4,18)19/h5-6,9H,1-4H3,(H,14,15)(H,16,17). The number of aromatic carboxylic acids is 1. The van der Waals surface area contributed by atoms with Crippen LogP contribution in [-0.2, 0) is 14.6 Å². The van der Waals surface area contributed by atoms with Crippen molar-refractivity contribution in [1.29, 1.82) is 0 Å². The number of hydrogen-bond donors (Lipinski definition) is 2. The number of carboxylic acid groups (broad SMARTS) is 1. The Balaban J connectivity index is 3.22. The summed E-state index contributed by atoms with van der Waals surface area (Å²) in [5.74, 6) is -1.93. The van der Waals surface area contributed by atoms with E-state index in [-0.39, 0.29) is 11.3 Å². The molecule has 1 aromatic rings. The van der Waals surface area contributed by atoms with E-state index in [0.717, 1.165) is 11.8 Å². The van der Waals surface area contributed by atoms with Crippen molar-refractivity contribution in [2.24, 2.45) is 0 Å². The molecule has 1 unspecified atom stereocenters. The average molecular weight is 299 g/mol. The van der Waals surface area contributed by atoms with Gasteiger partial charge in [0.1, 0.15) is 5.25 Å². The predicted molar refractivity (Wildman–Crippen MR) is 75.8 cm³/mol. The summed E-state index contributed by atoms with van der Waals surface area (Å²) in [4.78, 5) is 23.1. The first-order chi connectivity index (χ1) is 9.04. The van der Waals surface area contributed by atoms with Crippen LogP contribution >= 0.6 is 0 Å². The van der Waals surface area contributed by atoms with Crippen molar-refractivity contribution in [2.75, 3.05) is 11.6 Å². The van der Waals surface area contributed by atoms with Gasteiger partial charge in [0, 0.05) is 6.26 Å². The summed E-state index contributed by atoms with van der Waals surface area (Å²) in [7, 11) is -3.54. The lowest BCUT2D eigenvalue weighted by Crippen LogP contribution is -2.32. The molecular weight excluding hydrogens is 282 g/mol. The summed E-state index contributed by atoms with van der Waals surface area (Å²) in [6, 6.07) is 3.14. The smallest absolute Gasteiger partial charge is 0.337 e. The van der Waals surface area contributed by atoms with Crippen LogP contribution in [0.5, 0.6) is 0 Å². The number of hydrogen-bond acceptors (Lipinski definition) is 4. The van der Waals surface area contributed by atoms with Gasteiger partial charge in [-0.25, -0.2) is 13.2 Å². The minimum atomic E-state index is -3.54. The number of rotatable bonds is 4. The Morgan fingerprint density at radius 3 is 2.25 bits per heavy atom. The molecule has 0 fully saturated rings. The fourth-order valence-electron chi connectivity index (χ4n) is 1.72. The van der Waals surface area contributed by atoms with Crippen molar-refractivity contribution < 1.29 is 23.1 Å². The molecule has 0 aliphatic heterocycles. The Morgan fingerprint density at radius 2 is 1.80 bits per heavy atom. The molecule has 0 saturated carbocycles. The lowest BCUT2D eigenvalue weighted by molar-refractivity contribution is -0.115. The molecule has 0 aliphatic carbocycles. The summed E-state index contributed by atoms with van der Waals surface area (Å²) in [6.07, 6.45) is 0.956. The molecule has 0 heterocycles. The number of sulfone groups is 1. The number of anilines is 1. The summed E-state index contributed by atoms with van der Waals surface area (Å²) < 4.78 is 22.7. The fraction of sp³-hybridized carbons (Fsp3) is 0.385. The second kappa shape index (κ2) is 5.62. The van der Waals surface area contributed by atoms with Gasteiger partial charge in [0.05, 0.1) is 11.3 Å². The SMILES string of the molecule is Cc1cc(C)c(NC(=O)C(C)S(C)(=O)=O)c(C(=O)O)c1. The van der Waals surface area contributed by atoms with Crippen LogP contribution < -0.4 is 5.32 Å². The van der Waals surface area contributed by atoms with Gasteiger partial charge in [-0.15, -0.1) is 0 Å². The molecule has 7 heteroatoms. The maximum absolute atomic E-state index is 11.9. The number of carbonyl (C=O) groups excluding carboxylic acids is 1. The zero-order valence-corrected chi connectivity index (χ0v) is 12.5. The van der Waals surface area contributed by atoms with Crippen molar-refractivity contribution in [1.82, 2.24) is 0 Å². The van der Waals surface area contributed by atoms with Crippen molar-refractivity contribution in [3.63, 3.8) is 0 Å². The van der Waals surface area contributed by atoms with Crippen molar-refractivity contribution in [3.05, 3.63) is 28.8 Å². The topological polar surface area (TPSA) is 101 Å². The van der Waals surface area contributed by atoms with Crippen molar-refractivity contribution >= 4 is 27.4 Å². The monoisotopic (exact) mass is 299 g/mol. The maximum atomic E-state index is 11.9. The van der Waals surface area contributed by atoms with Gasteiger partial charge in [-0.2, -0.15) is 0 Å². The molecule has 0 radical (unpaired) electrons. The van der Waals surface area contributed by atoms with Crippen LogP contribution in [0.2, 0.25) is 0 Å². The van der Waals surface area contributed by atoms with Crippen LogP contribution in [0.1, 0.15) is 28.4 Å². The zero-order chi connectivity index (χ0) is 15.7. The van der Waals surface area contributed by atoms with E-state index in [9.17, 15) is 18.0 Å². The number of amides is 1. The van der Waals surface area contributed by atoms with E-state index in [1.165, 1.54) is 13.0 Å². The third-order valence-corrected chi connectivity index (χ3v) is 4.47. The van der Waals surface area contributed by atoms with Gasteiger partial charge in [0.25, 0.3) is 0 Å². The molecular formula is C13H17NO5S. The van der Waals surface area contributed by atoms with Crippen LogP contribution in [0.4, 0.5) is 5.69 Å². The Hall–Kier alpha value is -1.89. The Labute approximate surface area is 117 Å². The van der Waals surface area contributed by atoms with Crippen LogP contribution in [0.3, 0.4) is 0 Å². The molecule has 1 amide bonds. The second-order valence-corrected chi connectivity index (χ2v) is 7.14. The first kappa shape index (κ1) is 16.2. The highest BCUT2D eigenvalue weighted by Gasteiger charge is 2.25.